The molecule has 24 heavy (non-hydrogen) atoms. The van der Waals surface area contributed by atoms with Crippen LogP contribution in [-0.2, 0) is 14.3 Å². The van der Waals surface area contributed by atoms with Gasteiger partial charge in [-0.3, -0.25) is 14.9 Å². The van der Waals surface area contributed by atoms with E-state index < -0.39 is 24.0 Å². The number of nitrogens with one attached hydrogen (secondary N) is 2. The zero-order valence-electron chi connectivity index (χ0n) is 13.2. The van der Waals surface area contributed by atoms with Gasteiger partial charge in [-0.25, -0.2) is 4.79 Å². The van der Waals surface area contributed by atoms with Crippen molar-refractivity contribution in [3.05, 3.63) is 28.2 Å². The van der Waals surface area contributed by atoms with Gasteiger partial charge in [0.1, 0.15) is 5.75 Å². The van der Waals surface area contributed by atoms with Crippen molar-refractivity contribution in [2.24, 2.45) is 0 Å². The largest absolute Gasteiger partial charge is 0.492 e. The lowest BCUT2D eigenvalue weighted by Gasteiger charge is -2.13. The highest BCUT2D eigenvalue weighted by molar-refractivity contribution is 6.35. The third-order valence-corrected chi connectivity index (χ3v) is 3.35. The predicted octanol–water partition coefficient (Wildman–Crippen LogP) is 2.54. The van der Waals surface area contributed by atoms with Gasteiger partial charge in [0.25, 0.3) is 5.91 Å². The average Bonchev–Trinajstić information content (AvgIpc) is 2.52. The van der Waals surface area contributed by atoms with E-state index in [0.717, 1.165) is 0 Å². The summed E-state index contributed by atoms with van der Waals surface area (Å²) in [5.41, 5.74) is 0. The van der Waals surface area contributed by atoms with Crippen LogP contribution in [0.2, 0.25) is 10.0 Å². The van der Waals surface area contributed by atoms with Crippen molar-refractivity contribution < 1.29 is 23.9 Å². The minimum absolute atomic E-state index is 0.0583. The summed E-state index contributed by atoms with van der Waals surface area (Å²) in [5, 5.41) is 5.12. The Morgan fingerprint density at radius 1 is 1.25 bits per heavy atom. The molecule has 0 aliphatic carbocycles. The summed E-state index contributed by atoms with van der Waals surface area (Å²) in [6.45, 7) is 1.62. The highest BCUT2D eigenvalue weighted by Gasteiger charge is 2.19. The number of benzene rings is 1. The van der Waals surface area contributed by atoms with Gasteiger partial charge in [-0.15, -0.1) is 0 Å². The molecule has 0 unspecified atom stereocenters. The Bertz CT molecular complexity index is 610. The first-order valence-electron chi connectivity index (χ1n) is 7.13. The number of hydrogen-bond acceptors (Lipinski definition) is 5. The molecule has 1 atom stereocenters. The molecule has 7 nitrogen and oxygen atoms in total. The lowest BCUT2D eigenvalue weighted by molar-refractivity contribution is -0.154. The maximum absolute atomic E-state index is 11.6. The maximum atomic E-state index is 11.6. The number of carbonyl (C=O) groups excluding carboxylic acids is 3. The van der Waals surface area contributed by atoms with E-state index in [1.165, 1.54) is 14.0 Å². The summed E-state index contributed by atoms with van der Waals surface area (Å²) in [7, 11) is 1.37. The number of hydrogen-bond donors (Lipinski definition) is 2. The second-order valence-corrected chi connectivity index (χ2v) is 5.57. The van der Waals surface area contributed by atoms with Crippen LogP contribution in [0, 0.1) is 0 Å². The molecule has 0 radical (unpaired) electrons. The van der Waals surface area contributed by atoms with Crippen LogP contribution in [-0.4, -0.2) is 37.7 Å². The average molecular weight is 377 g/mol. The van der Waals surface area contributed by atoms with E-state index in [9.17, 15) is 14.4 Å². The molecule has 1 aromatic carbocycles. The van der Waals surface area contributed by atoms with Crippen LogP contribution < -0.4 is 15.4 Å². The van der Waals surface area contributed by atoms with Gasteiger partial charge in [-0.2, -0.15) is 0 Å². The molecule has 0 fully saturated rings. The summed E-state index contributed by atoms with van der Waals surface area (Å²) in [5.74, 6) is -0.806. The van der Waals surface area contributed by atoms with Crippen molar-refractivity contribution in [1.29, 1.82) is 0 Å². The minimum Gasteiger partial charge on any atom is -0.492 e. The second-order valence-electron chi connectivity index (χ2n) is 4.73. The molecule has 0 aliphatic heterocycles. The zero-order chi connectivity index (χ0) is 18.1. The Balaban J connectivity index is 2.28. The van der Waals surface area contributed by atoms with E-state index in [4.69, 9.17) is 32.7 Å². The fourth-order valence-corrected chi connectivity index (χ4v) is 2.04. The van der Waals surface area contributed by atoms with Crippen LogP contribution in [0.4, 0.5) is 4.79 Å². The van der Waals surface area contributed by atoms with Crippen LogP contribution in [0.3, 0.4) is 0 Å². The Kier molecular flexibility index (Phi) is 8.35. The monoisotopic (exact) mass is 376 g/mol. The number of rotatable bonds is 7. The number of amides is 3. The van der Waals surface area contributed by atoms with Crippen molar-refractivity contribution in [2.45, 2.75) is 25.9 Å². The molecule has 132 valence electrons. The number of urea groups is 1. The molecule has 0 aromatic heterocycles. The van der Waals surface area contributed by atoms with Crippen LogP contribution in [0.5, 0.6) is 5.75 Å². The summed E-state index contributed by atoms with van der Waals surface area (Å²) in [4.78, 5) is 34.2. The third-order valence-electron chi connectivity index (χ3n) is 2.82. The molecule has 3 amide bonds. The lowest BCUT2D eigenvalue weighted by atomic mass is 10.3. The van der Waals surface area contributed by atoms with E-state index >= 15 is 0 Å². The van der Waals surface area contributed by atoms with E-state index in [2.05, 4.69) is 5.32 Å². The van der Waals surface area contributed by atoms with E-state index in [1.807, 2.05) is 5.32 Å². The fraction of sp³-hybridized carbons (Fsp3) is 0.400. The number of carbonyl (C=O) groups is 3. The van der Waals surface area contributed by atoms with Crippen molar-refractivity contribution in [1.82, 2.24) is 10.6 Å². The Labute approximate surface area is 149 Å². The van der Waals surface area contributed by atoms with Crippen LogP contribution in [0.15, 0.2) is 18.2 Å². The highest BCUT2D eigenvalue weighted by Crippen LogP contribution is 2.27. The Morgan fingerprint density at radius 3 is 2.58 bits per heavy atom. The first-order chi connectivity index (χ1) is 11.3. The van der Waals surface area contributed by atoms with Gasteiger partial charge in [0.05, 0.1) is 11.6 Å². The Morgan fingerprint density at radius 2 is 1.96 bits per heavy atom. The van der Waals surface area contributed by atoms with Gasteiger partial charge >= 0.3 is 12.0 Å². The van der Waals surface area contributed by atoms with Crippen molar-refractivity contribution in [2.75, 3.05) is 13.7 Å². The molecule has 0 saturated heterocycles. The van der Waals surface area contributed by atoms with Crippen LogP contribution >= 0.6 is 23.2 Å². The predicted molar refractivity (Wildman–Crippen MR) is 89.3 cm³/mol. The van der Waals surface area contributed by atoms with Gasteiger partial charge < -0.3 is 14.8 Å². The van der Waals surface area contributed by atoms with E-state index in [1.54, 1.807) is 18.2 Å². The molecular weight excluding hydrogens is 359 g/mol. The summed E-state index contributed by atoms with van der Waals surface area (Å²) >= 11 is 11.7. The smallest absolute Gasteiger partial charge is 0.321 e. The normalized spacial score (nSPS) is 11.3. The first kappa shape index (κ1) is 20.1. The highest BCUT2D eigenvalue weighted by atomic mass is 35.5. The SMILES string of the molecule is CNC(=O)NC(=O)[C@H](C)OC(=O)CCCOc1ccc(Cl)cc1Cl. The molecule has 1 rings (SSSR count). The Hall–Kier alpha value is -1.99. The van der Waals surface area contributed by atoms with Crippen LogP contribution in [0.25, 0.3) is 0 Å². The molecule has 1 aromatic rings. The molecule has 0 saturated carbocycles. The zero-order valence-corrected chi connectivity index (χ0v) is 14.7. The number of halogens is 2. The lowest BCUT2D eigenvalue weighted by Crippen LogP contribution is -2.43. The van der Waals surface area contributed by atoms with Crippen molar-refractivity contribution in [3.63, 3.8) is 0 Å². The number of esters is 1. The molecule has 0 spiro atoms. The van der Waals surface area contributed by atoms with Crippen molar-refractivity contribution >= 4 is 41.1 Å². The number of ether oxygens (including phenoxy) is 2. The fourth-order valence-electron chi connectivity index (χ4n) is 1.58. The van der Waals surface area contributed by atoms with Gasteiger partial charge in [0, 0.05) is 18.5 Å². The quantitative estimate of drug-likeness (QED) is 0.563. The molecular formula is C15H18Cl2N2O5. The standard InChI is InChI=1S/C15H18Cl2N2O5/c1-9(14(21)19-15(22)18-2)24-13(20)4-3-7-23-12-6-5-10(16)8-11(12)17/h5-6,8-9H,3-4,7H2,1-2H3,(H2,18,19,21,22)/t9-/m0/s1. The third kappa shape index (κ3) is 7.06. The molecule has 9 heteroatoms. The van der Waals surface area contributed by atoms with Gasteiger partial charge in [-0.05, 0) is 31.5 Å². The van der Waals surface area contributed by atoms with Crippen molar-refractivity contribution in [3.8, 4) is 5.75 Å². The first-order valence-corrected chi connectivity index (χ1v) is 7.89. The molecule has 0 bridgehead atoms. The maximum Gasteiger partial charge on any atom is 0.321 e. The summed E-state index contributed by atoms with van der Waals surface area (Å²) in [6.07, 6.45) is -0.633. The molecule has 0 aliphatic rings. The molecule has 0 heterocycles. The topological polar surface area (TPSA) is 93.7 Å². The van der Waals surface area contributed by atoms with Gasteiger partial charge in [0.2, 0.25) is 0 Å². The second kappa shape index (κ2) is 10.00. The van der Waals surface area contributed by atoms with E-state index in [0.29, 0.717) is 22.2 Å². The van der Waals surface area contributed by atoms with Gasteiger partial charge in [0.15, 0.2) is 6.10 Å². The van der Waals surface area contributed by atoms with Gasteiger partial charge in [-0.1, -0.05) is 23.2 Å². The van der Waals surface area contributed by atoms with E-state index in [-0.39, 0.29) is 13.0 Å². The van der Waals surface area contributed by atoms with Crippen LogP contribution in [0.1, 0.15) is 19.8 Å². The molecule has 2 N–H and O–H groups in total. The number of imide groups is 1. The summed E-state index contributed by atoms with van der Waals surface area (Å²) in [6, 6.07) is 4.16. The minimum atomic E-state index is -1.07. The summed E-state index contributed by atoms with van der Waals surface area (Å²) < 4.78 is 10.4.